The maximum atomic E-state index is 9.61. The van der Waals surface area contributed by atoms with E-state index >= 15 is 0 Å². The van der Waals surface area contributed by atoms with Crippen LogP contribution >= 0.6 is 28.3 Å². The fourth-order valence-corrected chi connectivity index (χ4v) is 1.26. The maximum absolute atomic E-state index is 9.61. The average Bonchev–Trinajstić information content (AvgIpc) is 2.70. The van der Waals surface area contributed by atoms with E-state index in [0.717, 1.165) is 23.0 Å². The van der Waals surface area contributed by atoms with Crippen LogP contribution in [0.15, 0.2) is 22.8 Å². The lowest BCUT2D eigenvalue weighted by atomic mass is 10.2. The van der Waals surface area contributed by atoms with Crippen molar-refractivity contribution in [2.75, 3.05) is 0 Å². The molecule has 2 rings (SSSR count). The van der Waals surface area contributed by atoms with E-state index in [1.165, 1.54) is 0 Å². The Morgan fingerprint density at radius 2 is 2.08 bits per heavy atom. The Hall–Kier alpha value is -0.120. The van der Waals surface area contributed by atoms with Crippen molar-refractivity contribution in [2.45, 2.75) is 18.4 Å². The monoisotopic (exact) mass is 249 g/mol. The Labute approximate surface area is 85.6 Å². The quantitative estimate of drug-likeness (QED) is 0.829. The largest absolute Gasteiger partial charge is 0.384 e. The van der Waals surface area contributed by atoms with E-state index in [1.807, 2.05) is 12.1 Å². The molecule has 1 aromatic rings. The lowest BCUT2D eigenvalue weighted by Gasteiger charge is -2.04. The van der Waals surface area contributed by atoms with Crippen LogP contribution in [0.2, 0.25) is 0 Å². The van der Waals surface area contributed by atoms with Crippen LogP contribution in [-0.4, -0.2) is 10.1 Å². The minimum absolute atomic E-state index is 0. The van der Waals surface area contributed by atoms with Crippen molar-refractivity contribution < 1.29 is 5.11 Å². The van der Waals surface area contributed by atoms with Gasteiger partial charge in [-0.2, -0.15) is 0 Å². The van der Waals surface area contributed by atoms with E-state index in [0.29, 0.717) is 0 Å². The fourth-order valence-electron chi connectivity index (χ4n) is 1.03. The molecule has 0 aromatic carbocycles. The van der Waals surface area contributed by atoms with Gasteiger partial charge in [0.2, 0.25) is 0 Å². The molecule has 0 radical (unpaired) electrons. The molecule has 1 aromatic heterocycles. The smallest absolute Gasteiger partial charge is 0.107 e. The SMILES string of the molecule is Cl.OC1(c2ccc(Br)cn2)CC1. The summed E-state index contributed by atoms with van der Waals surface area (Å²) >= 11 is 3.29. The molecule has 1 saturated carbocycles. The van der Waals surface area contributed by atoms with Crippen LogP contribution in [0.3, 0.4) is 0 Å². The normalized spacial score (nSPS) is 18.2. The van der Waals surface area contributed by atoms with Gasteiger partial charge in [-0.05, 0) is 40.9 Å². The van der Waals surface area contributed by atoms with Gasteiger partial charge in [-0.25, -0.2) is 0 Å². The third kappa shape index (κ3) is 1.79. The van der Waals surface area contributed by atoms with E-state index in [4.69, 9.17) is 0 Å². The number of aromatic nitrogens is 1. The Balaban J connectivity index is 0.000000720. The molecule has 1 aliphatic rings. The second-order valence-electron chi connectivity index (χ2n) is 2.89. The van der Waals surface area contributed by atoms with Gasteiger partial charge < -0.3 is 5.11 Å². The number of hydrogen-bond acceptors (Lipinski definition) is 2. The summed E-state index contributed by atoms with van der Waals surface area (Å²) in [6.45, 7) is 0. The van der Waals surface area contributed by atoms with Crippen molar-refractivity contribution in [3.05, 3.63) is 28.5 Å². The molecular formula is C8H9BrClNO. The Kier molecular flexibility index (Phi) is 2.76. The molecule has 1 aliphatic carbocycles. The number of hydrogen-bond donors (Lipinski definition) is 1. The van der Waals surface area contributed by atoms with Gasteiger partial charge in [-0.1, -0.05) is 0 Å². The topological polar surface area (TPSA) is 33.1 Å². The van der Waals surface area contributed by atoms with Gasteiger partial charge in [-0.15, -0.1) is 12.4 Å². The summed E-state index contributed by atoms with van der Waals surface area (Å²) in [5.74, 6) is 0. The van der Waals surface area contributed by atoms with Crippen LogP contribution in [0, 0.1) is 0 Å². The molecule has 2 nitrogen and oxygen atoms in total. The molecule has 0 amide bonds. The van der Waals surface area contributed by atoms with Crippen LogP contribution in [0.25, 0.3) is 0 Å². The Morgan fingerprint density at radius 1 is 1.42 bits per heavy atom. The molecule has 0 aliphatic heterocycles. The molecule has 1 N–H and O–H groups in total. The van der Waals surface area contributed by atoms with Gasteiger partial charge in [0.15, 0.2) is 0 Å². The highest BCUT2D eigenvalue weighted by atomic mass is 79.9. The summed E-state index contributed by atoms with van der Waals surface area (Å²) in [5.41, 5.74) is 0.196. The van der Waals surface area contributed by atoms with E-state index in [1.54, 1.807) is 6.20 Å². The summed E-state index contributed by atoms with van der Waals surface area (Å²) < 4.78 is 0.950. The van der Waals surface area contributed by atoms with Crippen LogP contribution in [0.5, 0.6) is 0 Å². The molecular weight excluding hydrogens is 241 g/mol. The zero-order valence-electron chi connectivity index (χ0n) is 6.33. The highest BCUT2D eigenvalue weighted by Gasteiger charge is 2.43. The highest BCUT2D eigenvalue weighted by Crippen LogP contribution is 2.44. The molecule has 4 heteroatoms. The lowest BCUT2D eigenvalue weighted by Crippen LogP contribution is -2.05. The van der Waals surface area contributed by atoms with Crippen molar-refractivity contribution in [3.8, 4) is 0 Å². The van der Waals surface area contributed by atoms with E-state index in [-0.39, 0.29) is 12.4 Å². The summed E-state index contributed by atoms with van der Waals surface area (Å²) in [6.07, 6.45) is 3.41. The van der Waals surface area contributed by atoms with Gasteiger partial charge in [0.25, 0.3) is 0 Å². The summed E-state index contributed by atoms with van der Waals surface area (Å²) in [5, 5.41) is 9.61. The predicted octanol–water partition coefficient (Wildman–Crippen LogP) is 2.25. The van der Waals surface area contributed by atoms with E-state index in [9.17, 15) is 5.11 Å². The van der Waals surface area contributed by atoms with Crippen LogP contribution in [-0.2, 0) is 5.60 Å². The van der Waals surface area contributed by atoms with Crippen LogP contribution < -0.4 is 0 Å². The summed E-state index contributed by atoms with van der Waals surface area (Å²) in [7, 11) is 0. The Bertz CT molecular complexity index is 271. The van der Waals surface area contributed by atoms with Gasteiger partial charge in [0, 0.05) is 10.7 Å². The van der Waals surface area contributed by atoms with Crippen molar-refractivity contribution in [3.63, 3.8) is 0 Å². The van der Waals surface area contributed by atoms with Gasteiger partial charge >= 0.3 is 0 Å². The zero-order valence-corrected chi connectivity index (χ0v) is 8.73. The molecule has 0 atom stereocenters. The second-order valence-corrected chi connectivity index (χ2v) is 3.81. The average molecular weight is 251 g/mol. The van der Waals surface area contributed by atoms with Crippen molar-refractivity contribution >= 4 is 28.3 Å². The fraction of sp³-hybridized carbons (Fsp3) is 0.375. The first-order valence-corrected chi connectivity index (χ1v) is 4.34. The van der Waals surface area contributed by atoms with Crippen LogP contribution in [0.4, 0.5) is 0 Å². The van der Waals surface area contributed by atoms with E-state index in [2.05, 4.69) is 20.9 Å². The molecule has 0 unspecified atom stereocenters. The van der Waals surface area contributed by atoms with Crippen LogP contribution in [0.1, 0.15) is 18.5 Å². The Morgan fingerprint density at radius 3 is 2.50 bits per heavy atom. The molecule has 1 fully saturated rings. The third-order valence-electron chi connectivity index (χ3n) is 1.93. The lowest BCUT2D eigenvalue weighted by molar-refractivity contribution is 0.146. The highest BCUT2D eigenvalue weighted by molar-refractivity contribution is 9.10. The molecule has 1 heterocycles. The minimum atomic E-state index is -0.597. The second kappa shape index (κ2) is 3.32. The molecule has 0 saturated heterocycles. The number of pyridine rings is 1. The summed E-state index contributed by atoms with van der Waals surface area (Å²) in [4.78, 5) is 4.12. The molecule has 66 valence electrons. The first kappa shape index (κ1) is 9.96. The molecule has 0 bridgehead atoms. The third-order valence-corrected chi connectivity index (χ3v) is 2.40. The first-order valence-electron chi connectivity index (χ1n) is 3.55. The van der Waals surface area contributed by atoms with Crippen molar-refractivity contribution in [2.24, 2.45) is 0 Å². The van der Waals surface area contributed by atoms with Gasteiger partial charge in [0.05, 0.1) is 5.69 Å². The van der Waals surface area contributed by atoms with Gasteiger partial charge in [0.1, 0.15) is 5.60 Å². The standard InChI is InChI=1S/C8H8BrNO.ClH/c9-6-1-2-7(10-5-6)8(11)3-4-8;/h1-2,5,11H,3-4H2;1H. The molecule has 12 heavy (non-hydrogen) atoms. The number of aliphatic hydroxyl groups is 1. The first-order chi connectivity index (χ1) is 5.21. The maximum Gasteiger partial charge on any atom is 0.107 e. The number of nitrogens with zero attached hydrogens (tertiary/aromatic N) is 1. The minimum Gasteiger partial charge on any atom is -0.384 e. The predicted molar refractivity (Wildman–Crippen MR) is 52.3 cm³/mol. The number of rotatable bonds is 1. The van der Waals surface area contributed by atoms with Crippen molar-refractivity contribution in [1.82, 2.24) is 4.98 Å². The van der Waals surface area contributed by atoms with E-state index < -0.39 is 5.60 Å². The van der Waals surface area contributed by atoms with Crippen molar-refractivity contribution in [1.29, 1.82) is 0 Å². The number of halogens is 2. The zero-order chi connectivity index (χ0) is 7.90. The van der Waals surface area contributed by atoms with Gasteiger partial charge in [-0.3, -0.25) is 4.98 Å². The molecule has 0 spiro atoms. The summed E-state index contributed by atoms with van der Waals surface area (Å²) in [6, 6.07) is 3.76.